The van der Waals surface area contributed by atoms with E-state index in [-0.39, 0.29) is 17.9 Å². The van der Waals surface area contributed by atoms with E-state index < -0.39 is 5.41 Å². The van der Waals surface area contributed by atoms with Crippen LogP contribution < -0.4 is 10.1 Å². The molecule has 0 bridgehead atoms. The predicted molar refractivity (Wildman–Crippen MR) is 127 cm³/mol. The predicted octanol–water partition coefficient (Wildman–Crippen LogP) is 3.81. The second-order valence-electron chi connectivity index (χ2n) is 9.07. The van der Waals surface area contributed by atoms with Crippen molar-refractivity contribution in [2.75, 3.05) is 40.1 Å². The zero-order chi connectivity index (χ0) is 24.0. The molecule has 2 atom stereocenters. The maximum Gasteiger partial charge on any atom is 0.337 e. The van der Waals surface area contributed by atoms with Gasteiger partial charge in [-0.05, 0) is 61.6 Å². The van der Waals surface area contributed by atoms with Crippen LogP contribution >= 0.6 is 0 Å². The summed E-state index contributed by atoms with van der Waals surface area (Å²) in [6.07, 6.45) is 2.22. The second-order valence-corrected chi connectivity index (χ2v) is 9.07. The van der Waals surface area contributed by atoms with Gasteiger partial charge in [0.15, 0.2) is 0 Å². The van der Waals surface area contributed by atoms with Crippen LogP contribution in [0, 0.1) is 5.92 Å². The van der Waals surface area contributed by atoms with Gasteiger partial charge in [-0.2, -0.15) is 0 Å². The average Bonchev–Trinajstić information content (AvgIpc) is 3.41. The third-order valence-corrected chi connectivity index (χ3v) is 6.86. The quantitative estimate of drug-likeness (QED) is 0.595. The maximum atomic E-state index is 13.7. The third-order valence-electron chi connectivity index (χ3n) is 6.86. The Hall–Kier alpha value is -2.90. The molecule has 0 saturated carbocycles. The molecule has 2 aromatic carbocycles. The minimum absolute atomic E-state index is 0.0262. The van der Waals surface area contributed by atoms with Crippen molar-refractivity contribution in [3.63, 3.8) is 0 Å². The molecule has 2 heterocycles. The van der Waals surface area contributed by atoms with Crippen LogP contribution in [0.5, 0.6) is 5.75 Å². The molecule has 1 N–H and O–H groups in total. The van der Waals surface area contributed by atoms with Gasteiger partial charge in [-0.25, -0.2) is 4.79 Å². The number of esters is 1. The molecule has 0 spiro atoms. The number of hydrogen-bond donors (Lipinski definition) is 1. The number of rotatable bonds is 8. The summed E-state index contributed by atoms with van der Waals surface area (Å²) < 4.78 is 21.9. The smallest absolute Gasteiger partial charge is 0.337 e. The van der Waals surface area contributed by atoms with Crippen molar-refractivity contribution in [2.24, 2.45) is 5.92 Å². The van der Waals surface area contributed by atoms with E-state index in [9.17, 15) is 9.59 Å². The van der Waals surface area contributed by atoms with Crippen LogP contribution in [0.4, 0.5) is 0 Å². The van der Waals surface area contributed by atoms with Crippen LogP contribution in [-0.4, -0.2) is 52.0 Å². The first-order valence-electron chi connectivity index (χ1n) is 11.9. The monoisotopic (exact) mass is 467 g/mol. The number of hydrogen-bond acceptors (Lipinski definition) is 6. The van der Waals surface area contributed by atoms with E-state index in [1.54, 1.807) is 12.1 Å². The van der Waals surface area contributed by atoms with E-state index in [1.165, 1.54) is 7.11 Å². The fourth-order valence-electron chi connectivity index (χ4n) is 4.62. The van der Waals surface area contributed by atoms with Gasteiger partial charge in [0.05, 0.1) is 37.3 Å². The molecule has 2 aliphatic heterocycles. The highest BCUT2D eigenvalue weighted by Gasteiger charge is 2.42. The number of methoxy groups -OCH3 is 1. The van der Waals surface area contributed by atoms with Gasteiger partial charge in [-0.3, -0.25) is 4.79 Å². The normalized spacial score (nSPS) is 20.4. The van der Waals surface area contributed by atoms with Gasteiger partial charge in [0.2, 0.25) is 5.91 Å². The fraction of sp³-hybridized carbons (Fsp3) is 0.481. The van der Waals surface area contributed by atoms with Crippen LogP contribution in [0.3, 0.4) is 0 Å². The molecule has 0 aromatic heterocycles. The molecular formula is C27H33NO6. The van der Waals surface area contributed by atoms with Crippen molar-refractivity contribution in [3.05, 3.63) is 65.2 Å². The van der Waals surface area contributed by atoms with Crippen molar-refractivity contribution in [3.8, 4) is 5.75 Å². The van der Waals surface area contributed by atoms with Gasteiger partial charge in [0, 0.05) is 25.7 Å². The number of nitrogens with one attached hydrogen (secondary N) is 1. The van der Waals surface area contributed by atoms with Gasteiger partial charge in [-0.1, -0.05) is 24.3 Å². The molecule has 34 heavy (non-hydrogen) atoms. The molecule has 1 amide bonds. The highest BCUT2D eigenvalue weighted by molar-refractivity contribution is 5.90. The Labute approximate surface area is 200 Å². The Balaban J connectivity index is 1.49. The van der Waals surface area contributed by atoms with E-state index in [1.807, 2.05) is 43.3 Å². The van der Waals surface area contributed by atoms with Gasteiger partial charge in [-0.15, -0.1) is 0 Å². The molecule has 7 nitrogen and oxygen atoms in total. The highest BCUT2D eigenvalue weighted by atomic mass is 16.5. The Morgan fingerprint density at radius 2 is 1.85 bits per heavy atom. The summed E-state index contributed by atoms with van der Waals surface area (Å²) in [4.78, 5) is 25.4. The van der Waals surface area contributed by atoms with Gasteiger partial charge >= 0.3 is 5.97 Å². The van der Waals surface area contributed by atoms with Crippen molar-refractivity contribution < 1.29 is 28.5 Å². The lowest BCUT2D eigenvalue weighted by atomic mass is 9.73. The molecular weight excluding hydrogens is 434 g/mol. The van der Waals surface area contributed by atoms with Gasteiger partial charge < -0.3 is 24.3 Å². The van der Waals surface area contributed by atoms with Crippen molar-refractivity contribution in [1.29, 1.82) is 0 Å². The van der Waals surface area contributed by atoms with E-state index >= 15 is 0 Å². The minimum Gasteiger partial charge on any atom is -0.493 e. The first-order valence-corrected chi connectivity index (χ1v) is 11.9. The van der Waals surface area contributed by atoms with E-state index in [0.29, 0.717) is 44.1 Å². The van der Waals surface area contributed by atoms with Crippen LogP contribution in [0.1, 0.15) is 53.7 Å². The summed E-state index contributed by atoms with van der Waals surface area (Å²) in [7, 11) is 1.36. The highest BCUT2D eigenvalue weighted by Crippen LogP contribution is 2.37. The summed E-state index contributed by atoms with van der Waals surface area (Å²) in [5.74, 6) is 0.776. The van der Waals surface area contributed by atoms with Gasteiger partial charge in [0.25, 0.3) is 0 Å². The van der Waals surface area contributed by atoms with E-state index in [4.69, 9.17) is 18.9 Å². The number of ether oxygens (including phenoxy) is 4. The summed E-state index contributed by atoms with van der Waals surface area (Å²) in [5.41, 5.74) is 1.65. The SMILES string of the molecule is COC(=O)c1ccc([C@H](C)NC(=O)C2(c3cccc(OC[C@@H]4CCOC4)c3)CCOCC2)cc1. The topological polar surface area (TPSA) is 83.1 Å². The molecule has 7 heteroatoms. The lowest BCUT2D eigenvalue weighted by molar-refractivity contribution is -0.131. The first-order chi connectivity index (χ1) is 16.5. The first kappa shape index (κ1) is 24.2. The number of carbonyl (C=O) groups excluding carboxylic acids is 2. The molecule has 0 unspecified atom stereocenters. The lowest BCUT2D eigenvalue weighted by Gasteiger charge is -2.37. The Morgan fingerprint density at radius 1 is 1.09 bits per heavy atom. The van der Waals surface area contributed by atoms with E-state index in [2.05, 4.69) is 5.32 Å². The molecule has 2 aromatic rings. The molecule has 0 aliphatic carbocycles. The minimum atomic E-state index is -0.686. The zero-order valence-corrected chi connectivity index (χ0v) is 19.9. The standard InChI is InChI=1S/C27H33NO6/c1-19(21-6-8-22(9-7-21)25(29)31-2)28-26(30)27(11-14-32-15-12-27)23-4-3-5-24(16-23)34-18-20-10-13-33-17-20/h3-9,16,19-20H,10-15,17-18H2,1-2H3,(H,28,30)/t19-,20+/m0/s1. The van der Waals surface area contributed by atoms with E-state index in [0.717, 1.165) is 36.5 Å². The lowest BCUT2D eigenvalue weighted by Crippen LogP contribution is -2.48. The Bertz CT molecular complexity index is 977. The van der Waals surface area contributed by atoms with Crippen LogP contribution in [0.25, 0.3) is 0 Å². The molecule has 4 rings (SSSR count). The molecule has 2 saturated heterocycles. The number of benzene rings is 2. The van der Waals surface area contributed by atoms with Crippen LogP contribution in [0.2, 0.25) is 0 Å². The van der Waals surface area contributed by atoms with Crippen molar-refractivity contribution in [1.82, 2.24) is 5.32 Å². The summed E-state index contributed by atoms with van der Waals surface area (Å²) in [5, 5.41) is 3.20. The Morgan fingerprint density at radius 3 is 2.53 bits per heavy atom. The maximum absolute atomic E-state index is 13.7. The zero-order valence-electron chi connectivity index (χ0n) is 19.9. The van der Waals surface area contributed by atoms with Crippen molar-refractivity contribution in [2.45, 2.75) is 37.6 Å². The summed E-state index contributed by atoms with van der Waals surface area (Å²) >= 11 is 0. The molecule has 2 aliphatic rings. The molecule has 182 valence electrons. The largest absolute Gasteiger partial charge is 0.493 e. The second kappa shape index (κ2) is 11.0. The number of carbonyl (C=O) groups is 2. The summed E-state index contributed by atoms with van der Waals surface area (Å²) in [6, 6.07) is 14.8. The fourth-order valence-corrected chi connectivity index (χ4v) is 4.62. The van der Waals surface area contributed by atoms with Gasteiger partial charge in [0.1, 0.15) is 5.75 Å². The number of amides is 1. The van der Waals surface area contributed by atoms with Crippen molar-refractivity contribution >= 4 is 11.9 Å². The van der Waals surface area contributed by atoms with Crippen LogP contribution in [-0.2, 0) is 24.4 Å². The molecule has 0 radical (unpaired) electrons. The average molecular weight is 468 g/mol. The third kappa shape index (κ3) is 5.42. The Kier molecular flexibility index (Phi) is 7.85. The summed E-state index contributed by atoms with van der Waals surface area (Å²) in [6.45, 7) is 5.15. The molecule has 2 fully saturated rings. The van der Waals surface area contributed by atoms with Crippen LogP contribution in [0.15, 0.2) is 48.5 Å².